The van der Waals surface area contributed by atoms with Crippen LogP contribution in [0.3, 0.4) is 0 Å². The fourth-order valence-electron chi connectivity index (χ4n) is 1.73. The number of hydrogen-bond donors (Lipinski definition) is 2. The molecule has 2 aromatic carbocycles. The van der Waals surface area contributed by atoms with Crippen LogP contribution in [0, 0.1) is 6.92 Å². The molecule has 0 bridgehead atoms. The molecule has 2 rings (SSSR count). The average Bonchev–Trinajstić information content (AvgIpc) is 2.34. The Balaban J connectivity index is 2.32. The Hall–Kier alpha value is -1.52. The average molecular weight is 340 g/mol. The Morgan fingerprint density at radius 3 is 2.63 bits per heavy atom. The topological polar surface area (TPSA) is 55.1 Å². The molecule has 0 saturated carbocycles. The lowest BCUT2D eigenvalue weighted by molar-refractivity contribution is 0.102. The first-order valence-corrected chi connectivity index (χ1v) is 6.77. The molecule has 0 fully saturated rings. The van der Waals surface area contributed by atoms with E-state index in [1.807, 2.05) is 13.0 Å². The maximum Gasteiger partial charge on any atom is 0.257 e. The summed E-state index contributed by atoms with van der Waals surface area (Å²) in [5.41, 5.74) is 8.39. The lowest BCUT2D eigenvalue weighted by atomic mass is 10.1. The van der Waals surface area contributed by atoms with Gasteiger partial charge < -0.3 is 11.1 Å². The summed E-state index contributed by atoms with van der Waals surface area (Å²) < 4.78 is 0.741. The molecule has 0 unspecified atom stereocenters. The van der Waals surface area contributed by atoms with Crippen molar-refractivity contribution in [3.63, 3.8) is 0 Å². The second-order valence-electron chi connectivity index (χ2n) is 4.14. The zero-order valence-corrected chi connectivity index (χ0v) is 12.5. The number of rotatable bonds is 2. The third-order valence-electron chi connectivity index (χ3n) is 2.62. The molecule has 0 spiro atoms. The van der Waals surface area contributed by atoms with Gasteiger partial charge in [-0.05, 0) is 52.7 Å². The molecule has 3 nitrogen and oxygen atoms in total. The summed E-state index contributed by atoms with van der Waals surface area (Å²) in [5.74, 6) is -0.290. The van der Waals surface area contributed by atoms with Gasteiger partial charge in [-0.15, -0.1) is 0 Å². The molecular weight excluding hydrogens is 328 g/mol. The number of anilines is 2. The van der Waals surface area contributed by atoms with Gasteiger partial charge in [0.2, 0.25) is 0 Å². The normalized spacial score (nSPS) is 10.3. The van der Waals surface area contributed by atoms with Crippen LogP contribution in [0.25, 0.3) is 0 Å². The largest absolute Gasteiger partial charge is 0.397 e. The van der Waals surface area contributed by atoms with Crippen molar-refractivity contribution in [2.45, 2.75) is 6.92 Å². The van der Waals surface area contributed by atoms with Crippen LogP contribution in [0.1, 0.15) is 15.9 Å². The van der Waals surface area contributed by atoms with Crippen LogP contribution in [0.5, 0.6) is 0 Å². The number of amides is 1. The molecule has 0 atom stereocenters. The Kier molecular flexibility index (Phi) is 4.12. The van der Waals surface area contributed by atoms with Crippen LogP contribution in [0.15, 0.2) is 40.9 Å². The maximum atomic E-state index is 12.2. The molecule has 3 N–H and O–H groups in total. The van der Waals surface area contributed by atoms with E-state index in [1.165, 1.54) is 0 Å². The van der Waals surface area contributed by atoms with E-state index in [1.54, 1.807) is 30.3 Å². The summed E-state index contributed by atoms with van der Waals surface area (Å²) in [6.45, 7) is 1.93. The second kappa shape index (κ2) is 5.63. The van der Waals surface area contributed by atoms with Crippen molar-refractivity contribution in [2.24, 2.45) is 0 Å². The molecule has 19 heavy (non-hydrogen) atoms. The Bertz CT molecular complexity index is 620. The first kappa shape index (κ1) is 13.9. The quantitative estimate of drug-likeness (QED) is 0.804. The number of carbonyl (C=O) groups excluding carboxylic acids is 1. The summed E-state index contributed by atoms with van der Waals surface area (Å²) in [4.78, 5) is 12.2. The molecule has 0 heterocycles. The van der Waals surface area contributed by atoms with Gasteiger partial charge in [-0.2, -0.15) is 0 Å². The zero-order valence-electron chi connectivity index (χ0n) is 10.2. The number of hydrogen-bond acceptors (Lipinski definition) is 2. The van der Waals surface area contributed by atoms with Crippen LogP contribution >= 0.6 is 27.5 Å². The van der Waals surface area contributed by atoms with Gasteiger partial charge >= 0.3 is 0 Å². The smallest absolute Gasteiger partial charge is 0.257 e. The zero-order chi connectivity index (χ0) is 14.0. The number of aryl methyl sites for hydroxylation is 1. The molecule has 0 aromatic heterocycles. The van der Waals surface area contributed by atoms with E-state index < -0.39 is 0 Å². The van der Waals surface area contributed by atoms with E-state index in [2.05, 4.69) is 21.2 Å². The van der Waals surface area contributed by atoms with Gasteiger partial charge in [0.15, 0.2) is 0 Å². The van der Waals surface area contributed by atoms with E-state index in [9.17, 15) is 4.79 Å². The lowest BCUT2D eigenvalue weighted by Crippen LogP contribution is -2.14. The first-order chi connectivity index (χ1) is 8.99. The molecule has 0 aliphatic rings. The summed E-state index contributed by atoms with van der Waals surface area (Å²) in [7, 11) is 0. The monoisotopic (exact) mass is 338 g/mol. The van der Waals surface area contributed by atoms with Crippen molar-refractivity contribution in [1.82, 2.24) is 0 Å². The minimum Gasteiger partial charge on any atom is -0.397 e. The fraction of sp³-hybridized carbons (Fsp3) is 0.0714. The summed E-state index contributed by atoms with van der Waals surface area (Å²) in [6.07, 6.45) is 0. The van der Waals surface area contributed by atoms with Gasteiger partial charge in [-0.25, -0.2) is 0 Å². The van der Waals surface area contributed by atoms with E-state index in [4.69, 9.17) is 17.3 Å². The highest BCUT2D eigenvalue weighted by Crippen LogP contribution is 2.31. The van der Waals surface area contributed by atoms with Gasteiger partial charge in [0.25, 0.3) is 5.91 Å². The molecule has 0 aliphatic heterocycles. The minimum atomic E-state index is -0.290. The standard InChI is InChI=1S/C14H12BrClN2O/c1-8-6-10(15)13(12(17)7-8)18-14(19)9-4-2-3-5-11(9)16/h2-7H,17H2,1H3,(H,18,19). The number of nitrogens with two attached hydrogens (primary N) is 1. The van der Waals surface area contributed by atoms with Gasteiger partial charge in [0.05, 0.1) is 22.0 Å². The summed E-state index contributed by atoms with van der Waals surface area (Å²) in [6, 6.07) is 10.6. The highest BCUT2D eigenvalue weighted by molar-refractivity contribution is 9.10. The van der Waals surface area contributed by atoms with Gasteiger partial charge in [0, 0.05) is 4.47 Å². The fourth-order valence-corrected chi connectivity index (χ4v) is 2.64. The van der Waals surface area contributed by atoms with E-state index in [-0.39, 0.29) is 5.91 Å². The Morgan fingerprint density at radius 2 is 2.00 bits per heavy atom. The van der Waals surface area contributed by atoms with Gasteiger partial charge in [0.1, 0.15) is 0 Å². The lowest BCUT2D eigenvalue weighted by Gasteiger charge is -2.12. The molecule has 5 heteroatoms. The Labute approximate surface area is 124 Å². The van der Waals surface area contributed by atoms with Gasteiger partial charge in [-0.1, -0.05) is 23.7 Å². The first-order valence-electron chi connectivity index (χ1n) is 5.60. The van der Waals surface area contributed by atoms with Crippen molar-refractivity contribution in [3.05, 3.63) is 57.0 Å². The van der Waals surface area contributed by atoms with E-state index in [0.717, 1.165) is 10.0 Å². The van der Waals surface area contributed by atoms with Crippen molar-refractivity contribution < 1.29 is 4.79 Å². The second-order valence-corrected chi connectivity index (χ2v) is 5.41. The molecule has 1 amide bonds. The number of halogens is 2. The molecule has 98 valence electrons. The highest BCUT2D eigenvalue weighted by atomic mass is 79.9. The summed E-state index contributed by atoms with van der Waals surface area (Å²) >= 11 is 9.38. The van der Waals surface area contributed by atoms with Crippen molar-refractivity contribution >= 4 is 44.8 Å². The van der Waals surface area contributed by atoms with E-state index in [0.29, 0.717) is 22.0 Å². The third-order valence-corrected chi connectivity index (χ3v) is 3.58. The molecule has 0 saturated heterocycles. The SMILES string of the molecule is Cc1cc(N)c(NC(=O)c2ccccc2Cl)c(Br)c1. The van der Waals surface area contributed by atoms with Crippen molar-refractivity contribution in [3.8, 4) is 0 Å². The molecule has 0 aliphatic carbocycles. The number of carbonyl (C=O) groups is 1. The van der Waals surface area contributed by atoms with Crippen LogP contribution < -0.4 is 11.1 Å². The minimum absolute atomic E-state index is 0.290. The number of nitrogens with one attached hydrogen (secondary N) is 1. The molecule has 2 aromatic rings. The van der Waals surface area contributed by atoms with Crippen LogP contribution in [-0.4, -0.2) is 5.91 Å². The molecular formula is C14H12BrClN2O. The molecule has 0 radical (unpaired) electrons. The van der Waals surface area contributed by atoms with E-state index >= 15 is 0 Å². The number of nitrogen functional groups attached to an aromatic ring is 1. The van der Waals surface area contributed by atoms with Crippen LogP contribution in [0.2, 0.25) is 5.02 Å². The number of benzene rings is 2. The summed E-state index contributed by atoms with van der Waals surface area (Å²) in [5, 5.41) is 3.17. The predicted molar refractivity (Wildman–Crippen MR) is 82.7 cm³/mol. The highest BCUT2D eigenvalue weighted by Gasteiger charge is 2.13. The maximum absolute atomic E-state index is 12.2. The Morgan fingerprint density at radius 1 is 1.32 bits per heavy atom. The third kappa shape index (κ3) is 3.08. The van der Waals surface area contributed by atoms with Crippen LogP contribution in [-0.2, 0) is 0 Å². The van der Waals surface area contributed by atoms with Crippen LogP contribution in [0.4, 0.5) is 11.4 Å². The van der Waals surface area contributed by atoms with Crippen molar-refractivity contribution in [2.75, 3.05) is 11.1 Å². The van der Waals surface area contributed by atoms with Gasteiger partial charge in [-0.3, -0.25) is 4.79 Å². The van der Waals surface area contributed by atoms with Crippen molar-refractivity contribution in [1.29, 1.82) is 0 Å². The predicted octanol–water partition coefficient (Wildman–Crippen LogP) is 4.25.